The number of aliphatic imine (C=N–C) groups is 2. The lowest BCUT2D eigenvalue weighted by molar-refractivity contribution is 0.112. The number of carbonyl (C=O) groups is 1. The van der Waals surface area contributed by atoms with Crippen molar-refractivity contribution in [2.75, 3.05) is 11.9 Å². The Hall–Kier alpha value is -2.46. The van der Waals surface area contributed by atoms with E-state index in [1.54, 1.807) is 18.6 Å². The van der Waals surface area contributed by atoms with Crippen LogP contribution in [0.15, 0.2) is 57.6 Å². The summed E-state index contributed by atoms with van der Waals surface area (Å²) in [7, 11) is 0. The summed E-state index contributed by atoms with van der Waals surface area (Å²) in [5, 5.41) is 3.65. The predicted octanol–water partition coefficient (Wildman–Crippen LogP) is 7.06. The molecule has 1 aromatic rings. The van der Waals surface area contributed by atoms with Crippen molar-refractivity contribution in [3.05, 3.63) is 64.3 Å². The summed E-state index contributed by atoms with van der Waals surface area (Å²) in [6.07, 6.45) is 12.3. The molecule has 0 saturated heterocycles. The summed E-state index contributed by atoms with van der Waals surface area (Å²) in [4.78, 5) is 20.4. The van der Waals surface area contributed by atoms with Gasteiger partial charge in [-0.15, -0.1) is 0 Å². The molecule has 0 fully saturated rings. The Morgan fingerprint density at radius 1 is 1.17 bits per heavy atom. The summed E-state index contributed by atoms with van der Waals surface area (Å²) in [6.45, 7) is 6.88. The third-order valence-electron chi connectivity index (χ3n) is 4.55. The van der Waals surface area contributed by atoms with Crippen LogP contribution in [0, 0.1) is 6.92 Å². The van der Waals surface area contributed by atoms with E-state index in [9.17, 15) is 4.79 Å². The number of nitrogens with zero attached hydrogens (tertiary/aromatic N) is 2. The van der Waals surface area contributed by atoms with Gasteiger partial charge in [0, 0.05) is 24.0 Å². The number of hydrogen-bond donors (Lipinski definition) is 1. The number of halogens is 1. The lowest BCUT2D eigenvalue weighted by Gasteiger charge is -2.05. The molecular weight excluding hydrogens is 394 g/mol. The minimum Gasteiger partial charge on any atom is -0.346 e. The molecule has 1 N–H and O–H groups in total. The summed E-state index contributed by atoms with van der Waals surface area (Å²) in [6, 6.07) is 11.7. The lowest BCUT2D eigenvalue weighted by Crippen LogP contribution is -2.00. The van der Waals surface area contributed by atoms with Crippen LogP contribution in [-0.2, 0) is 6.42 Å². The summed E-state index contributed by atoms with van der Waals surface area (Å²) in [5.74, 6) is 0. The number of aryl methyl sites for hydroxylation is 2. The summed E-state index contributed by atoms with van der Waals surface area (Å²) < 4.78 is 0. The highest BCUT2D eigenvalue weighted by atomic mass is 35.5. The number of unbranched alkanes of at least 4 members (excludes halogenated alkanes) is 3. The highest BCUT2D eigenvalue weighted by molar-refractivity contribution is 6.29. The maximum atomic E-state index is 11.8. The van der Waals surface area contributed by atoms with E-state index in [2.05, 4.69) is 22.2 Å². The van der Waals surface area contributed by atoms with Gasteiger partial charge in [0.15, 0.2) is 6.29 Å². The number of anilines is 1. The zero-order valence-corrected chi connectivity index (χ0v) is 19.2. The second-order valence-corrected chi connectivity index (χ2v) is 7.34. The number of nitrogens with one attached hydrogen (secondary N) is 1. The zero-order chi connectivity index (χ0) is 22.0. The molecule has 0 saturated carbocycles. The van der Waals surface area contributed by atoms with Crippen molar-refractivity contribution in [3.63, 3.8) is 0 Å². The quantitative estimate of drug-likeness (QED) is 0.128. The Morgan fingerprint density at radius 3 is 2.70 bits per heavy atom. The standard InChI is InChI=1S/C25H34ClN3O/c1-4-6-7-11-16-27-20-29-24-15-10-8-9-13-21(3)22(18-23(24)19-30)14-12-17-28-25(26)5-2/h5,8-10,13,15,17-20H,4,6-7,11-12,14,16H2,1-3H3,(H,27,29)/b9-8?,10-8?,13-9?,15-10?,21-13?,22-18?,22-21?,23-18?,24-15?,24-23?,25-5-,28-17-. The average molecular weight is 428 g/mol. The second-order valence-electron chi connectivity index (χ2n) is 6.95. The molecule has 0 spiro atoms. The first-order chi connectivity index (χ1) is 14.6. The van der Waals surface area contributed by atoms with Crippen molar-refractivity contribution in [1.82, 2.24) is 0 Å². The molecule has 4 nitrogen and oxygen atoms in total. The molecule has 0 heterocycles. The topological polar surface area (TPSA) is 53.8 Å². The Balaban J connectivity index is 3.06. The molecule has 0 atom stereocenters. The van der Waals surface area contributed by atoms with Gasteiger partial charge in [0.2, 0.25) is 0 Å². The molecule has 1 rings (SSSR count). The van der Waals surface area contributed by atoms with E-state index >= 15 is 0 Å². The second kappa shape index (κ2) is 16.3. The first kappa shape index (κ1) is 25.6. The molecule has 0 aromatic heterocycles. The molecule has 0 aliphatic rings. The van der Waals surface area contributed by atoms with Crippen molar-refractivity contribution in [2.45, 2.75) is 59.3 Å². The van der Waals surface area contributed by atoms with Gasteiger partial charge in [-0.1, -0.05) is 68.1 Å². The van der Waals surface area contributed by atoms with Gasteiger partial charge >= 0.3 is 0 Å². The third-order valence-corrected chi connectivity index (χ3v) is 4.87. The third kappa shape index (κ3) is 10.9. The van der Waals surface area contributed by atoms with Crippen molar-refractivity contribution in [1.29, 1.82) is 0 Å². The molecule has 0 amide bonds. The molecule has 0 bridgehead atoms. The van der Waals surface area contributed by atoms with Crippen molar-refractivity contribution >= 4 is 36.1 Å². The Labute approximate surface area is 186 Å². The van der Waals surface area contributed by atoms with Crippen LogP contribution >= 0.6 is 11.6 Å². The molecule has 0 radical (unpaired) electrons. The Kier molecular flexibility index (Phi) is 13.9. The monoisotopic (exact) mass is 427 g/mol. The summed E-state index contributed by atoms with van der Waals surface area (Å²) >= 11 is 5.91. The Morgan fingerprint density at radius 2 is 1.97 bits per heavy atom. The van der Waals surface area contributed by atoms with Crippen molar-refractivity contribution in [3.8, 4) is 0 Å². The Bertz CT molecular complexity index is 799. The van der Waals surface area contributed by atoms with Crippen molar-refractivity contribution in [2.24, 2.45) is 9.98 Å². The van der Waals surface area contributed by atoms with E-state index in [-0.39, 0.29) is 0 Å². The highest BCUT2D eigenvalue weighted by Gasteiger charge is 2.01. The van der Waals surface area contributed by atoms with E-state index in [4.69, 9.17) is 11.6 Å². The fraction of sp³-hybridized carbons (Fsp3) is 0.400. The number of aldehydes is 1. The van der Waals surface area contributed by atoms with Gasteiger partial charge in [0.05, 0.1) is 6.34 Å². The predicted molar refractivity (Wildman–Crippen MR) is 132 cm³/mol. The molecule has 162 valence electrons. The van der Waals surface area contributed by atoms with Crippen LogP contribution in [0.25, 0.3) is 0 Å². The molecular formula is C25H34ClN3O. The van der Waals surface area contributed by atoms with Gasteiger partial charge in [-0.3, -0.25) is 9.79 Å². The van der Waals surface area contributed by atoms with Gasteiger partial charge in [0.25, 0.3) is 0 Å². The number of carbonyl (C=O) groups excluding carboxylic acids is 1. The minimum absolute atomic E-state index is 0.476. The maximum absolute atomic E-state index is 11.8. The van der Waals surface area contributed by atoms with Gasteiger partial charge in [-0.2, -0.15) is 0 Å². The van der Waals surface area contributed by atoms with Crippen LogP contribution in [0.1, 0.15) is 67.4 Å². The zero-order valence-electron chi connectivity index (χ0n) is 18.4. The van der Waals surface area contributed by atoms with Gasteiger partial charge in [0.1, 0.15) is 5.16 Å². The van der Waals surface area contributed by atoms with E-state index in [1.807, 2.05) is 50.2 Å². The largest absolute Gasteiger partial charge is 0.346 e. The van der Waals surface area contributed by atoms with Gasteiger partial charge in [-0.05, 0) is 56.4 Å². The maximum Gasteiger partial charge on any atom is 0.152 e. The molecule has 1 aromatic carbocycles. The average Bonchev–Trinajstić information content (AvgIpc) is 2.76. The molecule has 0 unspecified atom stereocenters. The van der Waals surface area contributed by atoms with Crippen molar-refractivity contribution < 1.29 is 4.79 Å². The highest BCUT2D eigenvalue weighted by Crippen LogP contribution is 2.15. The number of hydrogen-bond acceptors (Lipinski definition) is 3. The van der Waals surface area contributed by atoms with Crippen LogP contribution in [-0.4, -0.2) is 25.4 Å². The van der Waals surface area contributed by atoms with Gasteiger partial charge in [-0.25, -0.2) is 4.99 Å². The van der Waals surface area contributed by atoms with Crippen LogP contribution in [0.5, 0.6) is 0 Å². The van der Waals surface area contributed by atoms with Crippen LogP contribution in [0.2, 0.25) is 0 Å². The number of allylic oxidation sites excluding steroid dienone is 1. The molecule has 0 aliphatic heterocycles. The molecule has 5 heteroatoms. The first-order valence-electron chi connectivity index (χ1n) is 10.6. The van der Waals surface area contributed by atoms with Crippen LogP contribution in [0.3, 0.4) is 0 Å². The van der Waals surface area contributed by atoms with E-state index in [0.717, 1.165) is 48.9 Å². The fourth-order valence-electron chi connectivity index (χ4n) is 2.75. The van der Waals surface area contributed by atoms with E-state index in [0.29, 0.717) is 10.7 Å². The minimum atomic E-state index is 0.476. The fourth-order valence-corrected chi connectivity index (χ4v) is 2.82. The molecule has 30 heavy (non-hydrogen) atoms. The number of rotatable bonds is 12. The smallest absolute Gasteiger partial charge is 0.152 e. The van der Waals surface area contributed by atoms with E-state index in [1.165, 1.54) is 19.3 Å². The van der Waals surface area contributed by atoms with Gasteiger partial charge < -0.3 is 5.32 Å². The van der Waals surface area contributed by atoms with Crippen LogP contribution < -0.4 is 5.32 Å². The van der Waals surface area contributed by atoms with E-state index < -0.39 is 0 Å². The molecule has 0 aliphatic carbocycles. The lowest BCUT2D eigenvalue weighted by atomic mass is 10.0. The summed E-state index contributed by atoms with van der Waals surface area (Å²) in [5.41, 5.74) is 3.50. The van der Waals surface area contributed by atoms with Crippen LogP contribution in [0.4, 0.5) is 5.69 Å². The normalized spacial score (nSPS) is 11.7. The SMILES string of the molecule is C/C=C(Cl)\N=C/CCc1cc(C=O)c(NC=NCCCCCC)cccccc1C. The first-order valence-corrected chi connectivity index (χ1v) is 11.0.